The summed E-state index contributed by atoms with van der Waals surface area (Å²) in [7, 11) is 0. The first-order valence-corrected chi connectivity index (χ1v) is 11.0. The van der Waals surface area contributed by atoms with Gasteiger partial charge < -0.3 is 15.7 Å². The third-order valence-corrected chi connectivity index (χ3v) is 6.04. The standard InChI is InChI=1S/C24H24N4O2S/c1-15-10-11-19(29)18(13-15)28-20(30)9-6-12-25-23-22-21(17-7-4-3-5-8-17)16(2)31-24(22)27-14-26-23/h3-5,7-8,10-11,13-14,29H,6,9,12H2,1-2H3,(H,28,30)(H,25,26,27). The Kier molecular flexibility index (Phi) is 6.13. The van der Waals surface area contributed by atoms with Crippen LogP contribution in [0.5, 0.6) is 5.75 Å². The van der Waals surface area contributed by atoms with Gasteiger partial charge in [-0.25, -0.2) is 9.97 Å². The molecule has 1 amide bonds. The molecule has 0 unspecified atom stereocenters. The highest BCUT2D eigenvalue weighted by Crippen LogP contribution is 2.40. The Bertz CT molecular complexity index is 1220. The maximum atomic E-state index is 12.3. The highest BCUT2D eigenvalue weighted by molar-refractivity contribution is 7.19. The number of aromatic nitrogens is 2. The third kappa shape index (κ3) is 4.67. The number of nitrogens with one attached hydrogen (secondary N) is 2. The Morgan fingerprint density at radius 1 is 1.10 bits per heavy atom. The quantitative estimate of drug-likeness (QED) is 0.265. The fourth-order valence-corrected chi connectivity index (χ4v) is 4.56. The van der Waals surface area contributed by atoms with E-state index in [-0.39, 0.29) is 11.7 Å². The van der Waals surface area contributed by atoms with E-state index in [0.29, 0.717) is 25.1 Å². The number of anilines is 2. The summed E-state index contributed by atoms with van der Waals surface area (Å²) >= 11 is 1.66. The molecule has 0 spiro atoms. The molecule has 2 aromatic carbocycles. The number of nitrogens with zero attached hydrogens (tertiary/aromatic N) is 2. The summed E-state index contributed by atoms with van der Waals surface area (Å²) in [5.74, 6) is 0.721. The number of carbonyl (C=O) groups is 1. The minimum absolute atomic E-state index is 0.0710. The molecule has 7 heteroatoms. The van der Waals surface area contributed by atoms with Gasteiger partial charge in [0.2, 0.25) is 5.91 Å². The summed E-state index contributed by atoms with van der Waals surface area (Å²) in [5, 5.41) is 17.1. The van der Waals surface area contributed by atoms with E-state index in [0.717, 1.165) is 32.7 Å². The lowest BCUT2D eigenvalue weighted by atomic mass is 10.0. The van der Waals surface area contributed by atoms with Crippen molar-refractivity contribution in [3.05, 3.63) is 65.3 Å². The summed E-state index contributed by atoms with van der Waals surface area (Å²) < 4.78 is 0. The van der Waals surface area contributed by atoms with Gasteiger partial charge in [0.25, 0.3) is 0 Å². The second-order valence-electron chi connectivity index (χ2n) is 7.40. The van der Waals surface area contributed by atoms with E-state index in [1.807, 2.05) is 25.1 Å². The van der Waals surface area contributed by atoms with Gasteiger partial charge in [0.05, 0.1) is 11.1 Å². The van der Waals surface area contributed by atoms with Crippen LogP contribution in [0.25, 0.3) is 21.3 Å². The molecule has 0 saturated heterocycles. The first-order valence-electron chi connectivity index (χ1n) is 10.2. The number of hydrogen-bond donors (Lipinski definition) is 3. The second-order valence-corrected chi connectivity index (χ2v) is 8.60. The van der Waals surface area contributed by atoms with E-state index in [1.165, 1.54) is 4.88 Å². The number of rotatable bonds is 7. The number of phenols is 1. The molecule has 4 aromatic rings. The average Bonchev–Trinajstić information content (AvgIpc) is 3.11. The number of fused-ring (bicyclic) bond motifs is 1. The van der Waals surface area contributed by atoms with Crippen LogP contribution in [0.15, 0.2) is 54.9 Å². The maximum absolute atomic E-state index is 12.3. The van der Waals surface area contributed by atoms with Crippen molar-refractivity contribution in [2.45, 2.75) is 26.7 Å². The zero-order valence-electron chi connectivity index (χ0n) is 17.5. The molecule has 2 heterocycles. The second kappa shape index (κ2) is 9.14. The Labute approximate surface area is 185 Å². The molecule has 2 aromatic heterocycles. The molecule has 0 aliphatic heterocycles. The smallest absolute Gasteiger partial charge is 0.224 e. The summed E-state index contributed by atoms with van der Waals surface area (Å²) in [4.78, 5) is 23.3. The van der Waals surface area contributed by atoms with Crippen molar-refractivity contribution >= 4 is 39.0 Å². The van der Waals surface area contributed by atoms with Crippen molar-refractivity contribution < 1.29 is 9.90 Å². The Morgan fingerprint density at radius 2 is 1.90 bits per heavy atom. The molecule has 0 saturated carbocycles. The first kappa shape index (κ1) is 20.8. The number of amides is 1. The third-order valence-electron chi connectivity index (χ3n) is 5.03. The average molecular weight is 433 g/mol. The Balaban J connectivity index is 1.43. The van der Waals surface area contributed by atoms with Crippen molar-refractivity contribution in [2.75, 3.05) is 17.2 Å². The van der Waals surface area contributed by atoms with Crippen LogP contribution in [0.3, 0.4) is 0 Å². The summed E-state index contributed by atoms with van der Waals surface area (Å²) in [6.45, 7) is 4.61. The van der Waals surface area contributed by atoms with Crippen LogP contribution in [-0.4, -0.2) is 27.5 Å². The monoisotopic (exact) mass is 432 g/mol. The molecule has 0 aliphatic rings. The Hall–Kier alpha value is -3.45. The molecule has 0 fully saturated rings. The van der Waals surface area contributed by atoms with Crippen molar-refractivity contribution in [1.82, 2.24) is 9.97 Å². The summed E-state index contributed by atoms with van der Waals surface area (Å²) in [6, 6.07) is 15.4. The molecule has 158 valence electrons. The van der Waals surface area contributed by atoms with Crippen molar-refractivity contribution in [3.8, 4) is 16.9 Å². The van der Waals surface area contributed by atoms with Gasteiger partial charge in [-0.1, -0.05) is 36.4 Å². The number of benzene rings is 2. The van der Waals surface area contributed by atoms with Crippen molar-refractivity contribution in [3.63, 3.8) is 0 Å². The van der Waals surface area contributed by atoms with Crippen molar-refractivity contribution in [1.29, 1.82) is 0 Å². The van der Waals surface area contributed by atoms with Gasteiger partial charge in [0.15, 0.2) is 0 Å². The van der Waals surface area contributed by atoms with Crippen LogP contribution >= 0.6 is 11.3 Å². The van der Waals surface area contributed by atoms with Gasteiger partial charge in [-0.2, -0.15) is 0 Å². The Morgan fingerprint density at radius 3 is 2.71 bits per heavy atom. The lowest BCUT2D eigenvalue weighted by molar-refractivity contribution is -0.116. The van der Waals surface area contributed by atoms with Crippen LogP contribution in [0, 0.1) is 13.8 Å². The SMILES string of the molecule is Cc1ccc(O)c(NC(=O)CCCNc2ncnc3sc(C)c(-c4ccccc4)c23)c1. The highest BCUT2D eigenvalue weighted by atomic mass is 32.1. The van der Waals surface area contributed by atoms with E-state index < -0.39 is 0 Å². The highest BCUT2D eigenvalue weighted by Gasteiger charge is 2.16. The van der Waals surface area contributed by atoms with Crippen molar-refractivity contribution in [2.24, 2.45) is 0 Å². The fraction of sp³-hybridized carbons (Fsp3) is 0.208. The molecule has 6 nitrogen and oxygen atoms in total. The van der Waals surface area contributed by atoms with Crippen LogP contribution < -0.4 is 10.6 Å². The first-order chi connectivity index (χ1) is 15.0. The molecule has 0 bridgehead atoms. The number of aryl methyl sites for hydroxylation is 2. The minimum Gasteiger partial charge on any atom is -0.506 e. The predicted molar refractivity (Wildman–Crippen MR) is 127 cm³/mol. The fourth-order valence-electron chi connectivity index (χ4n) is 3.55. The van der Waals surface area contributed by atoms with Crippen LogP contribution in [0.2, 0.25) is 0 Å². The largest absolute Gasteiger partial charge is 0.506 e. The van der Waals surface area contributed by atoms with E-state index in [1.54, 1.807) is 35.9 Å². The van der Waals surface area contributed by atoms with E-state index in [4.69, 9.17) is 0 Å². The van der Waals surface area contributed by atoms with Gasteiger partial charge in [-0.15, -0.1) is 11.3 Å². The lowest BCUT2D eigenvalue weighted by Gasteiger charge is -2.10. The molecule has 31 heavy (non-hydrogen) atoms. The van der Waals surface area contributed by atoms with Crippen LogP contribution in [0.4, 0.5) is 11.5 Å². The van der Waals surface area contributed by atoms with Crippen LogP contribution in [-0.2, 0) is 4.79 Å². The number of thiophene rings is 1. The minimum atomic E-state index is -0.133. The lowest BCUT2D eigenvalue weighted by Crippen LogP contribution is -2.14. The topological polar surface area (TPSA) is 87.1 Å². The summed E-state index contributed by atoms with van der Waals surface area (Å²) in [6.07, 6.45) is 2.54. The zero-order valence-corrected chi connectivity index (χ0v) is 18.3. The number of aromatic hydroxyl groups is 1. The molecule has 3 N–H and O–H groups in total. The summed E-state index contributed by atoms with van der Waals surface area (Å²) in [5.41, 5.74) is 3.71. The van der Waals surface area contributed by atoms with Gasteiger partial charge in [0, 0.05) is 23.4 Å². The molecular formula is C24H24N4O2S. The number of carbonyl (C=O) groups excluding carboxylic acids is 1. The van der Waals surface area contributed by atoms with Gasteiger partial charge in [-0.05, 0) is 43.5 Å². The normalized spacial score (nSPS) is 10.9. The van der Waals surface area contributed by atoms with E-state index in [9.17, 15) is 9.90 Å². The number of phenolic OH excluding ortho intramolecular Hbond substituents is 1. The van der Waals surface area contributed by atoms with E-state index >= 15 is 0 Å². The predicted octanol–water partition coefficient (Wildman–Crippen LogP) is 5.51. The molecule has 0 radical (unpaired) electrons. The maximum Gasteiger partial charge on any atom is 0.224 e. The molecule has 0 atom stereocenters. The molecule has 0 aliphatic carbocycles. The van der Waals surface area contributed by atoms with Crippen LogP contribution in [0.1, 0.15) is 23.3 Å². The van der Waals surface area contributed by atoms with Gasteiger partial charge in [-0.3, -0.25) is 4.79 Å². The number of hydrogen-bond acceptors (Lipinski definition) is 6. The zero-order chi connectivity index (χ0) is 21.8. The molecule has 4 rings (SSSR count). The molecular weight excluding hydrogens is 408 g/mol. The van der Waals surface area contributed by atoms with Gasteiger partial charge in [0.1, 0.15) is 22.7 Å². The van der Waals surface area contributed by atoms with E-state index in [2.05, 4.69) is 39.7 Å². The van der Waals surface area contributed by atoms with Gasteiger partial charge >= 0.3 is 0 Å².